The van der Waals surface area contributed by atoms with Crippen molar-refractivity contribution in [1.82, 2.24) is 0 Å². The molecule has 0 nitrogen and oxygen atoms in total. The normalized spacial score (nSPS) is 10.7. The van der Waals surface area contributed by atoms with Crippen LogP contribution < -0.4 is 0 Å². The van der Waals surface area contributed by atoms with E-state index in [2.05, 4.69) is 114 Å². The van der Waals surface area contributed by atoms with Crippen molar-refractivity contribution < 1.29 is 0 Å². The summed E-state index contributed by atoms with van der Waals surface area (Å²) < 4.78 is 1.10. The number of benzene rings is 4. The first-order chi connectivity index (χ1) is 12.7. The zero-order valence-corrected chi connectivity index (χ0v) is 16.2. The maximum absolute atomic E-state index is 3.58. The highest BCUT2D eigenvalue weighted by atomic mass is 79.9. The van der Waals surface area contributed by atoms with Gasteiger partial charge in [-0.05, 0) is 64.1 Å². The van der Waals surface area contributed by atoms with E-state index in [0.717, 1.165) is 4.47 Å². The lowest BCUT2D eigenvalue weighted by molar-refractivity contribution is 1.45. The van der Waals surface area contributed by atoms with Gasteiger partial charge in [0.05, 0.1) is 0 Å². The first kappa shape index (κ1) is 16.8. The number of hydrogen-bond donors (Lipinski definition) is 0. The Balaban J connectivity index is 1.71. The molecule has 0 saturated carbocycles. The van der Waals surface area contributed by atoms with Crippen LogP contribution in [0.3, 0.4) is 0 Å². The number of hydrogen-bond acceptors (Lipinski definition) is 0. The molecule has 0 atom stereocenters. The molecule has 126 valence electrons. The van der Waals surface area contributed by atoms with Gasteiger partial charge in [-0.2, -0.15) is 0 Å². The molecule has 0 amide bonds. The molecule has 1 heteroatoms. The number of rotatable bonds is 3. The van der Waals surface area contributed by atoms with Crippen LogP contribution >= 0.6 is 15.9 Å². The summed E-state index contributed by atoms with van der Waals surface area (Å²) in [6.45, 7) is 2.17. The van der Waals surface area contributed by atoms with Crippen molar-refractivity contribution in [2.24, 2.45) is 0 Å². The lowest BCUT2D eigenvalue weighted by Gasteiger charge is -2.11. The molecule has 4 aromatic carbocycles. The third-order valence-corrected chi connectivity index (χ3v) is 5.19. The van der Waals surface area contributed by atoms with Crippen LogP contribution in [0, 0.1) is 6.92 Å². The van der Waals surface area contributed by atoms with E-state index in [0.29, 0.717) is 0 Å². The highest BCUT2D eigenvalue weighted by Gasteiger charge is 2.06. The Morgan fingerprint density at radius 3 is 1.77 bits per heavy atom. The Labute approximate surface area is 163 Å². The van der Waals surface area contributed by atoms with Crippen LogP contribution in [0.1, 0.15) is 5.56 Å². The van der Waals surface area contributed by atoms with E-state index in [1.54, 1.807) is 0 Å². The Hall–Kier alpha value is -2.64. The molecule has 4 aromatic rings. The van der Waals surface area contributed by atoms with Crippen molar-refractivity contribution in [1.29, 1.82) is 0 Å². The summed E-state index contributed by atoms with van der Waals surface area (Å²) in [7, 11) is 0. The second kappa shape index (κ2) is 7.31. The SMILES string of the molecule is Cc1ccc(-c2ccc(-c3ccccc3)cc2)cc1-c1cccc(Br)c1. The third-order valence-electron chi connectivity index (χ3n) is 4.70. The molecule has 0 aliphatic heterocycles. The van der Waals surface area contributed by atoms with E-state index in [9.17, 15) is 0 Å². The highest BCUT2D eigenvalue weighted by molar-refractivity contribution is 9.10. The average Bonchev–Trinajstić information content (AvgIpc) is 2.69. The van der Waals surface area contributed by atoms with Crippen molar-refractivity contribution in [3.05, 3.63) is 107 Å². The minimum atomic E-state index is 1.10. The molecule has 0 unspecified atom stereocenters. The van der Waals surface area contributed by atoms with Crippen molar-refractivity contribution >= 4 is 15.9 Å². The predicted octanol–water partition coefficient (Wildman–Crippen LogP) is 7.76. The van der Waals surface area contributed by atoms with Gasteiger partial charge in [0, 0.05) is 4.47 Å². The van der Waals surface area contributed by atoms with Crippen LogP contribution in [-0.4, -0.2) is 0 Å². The summed E-state index contributed by atoms with van der Waals surface area (Å²) in [5.74, 6) is 0. The fourth-order valence-corrected chi connectivity index (χ4v) is 3.65. The summed E-state index contributed by atoms with van der Waals surface area (Å²) in [5, 5.41) is 0. The molecule has 0 aliphatic rings. The summed E-state index contributed by atoms with van der Waals surface area (Å²) in [5.41, 5.74) is 8.76. The molecule has 0 heterocycles. The second-order valence-electron chi connectivity index (χ2n) is 6.48. The molecule has 0 spiro atoms. The van der Waals surface area contributed by atoms with E-state index in [1.165, 1.54) is 38.9 Å². The zero-order chi connectivity index (χ0) is 17.9. The van der Waals surface area contributed by atoms with Gasteiger partial charge in [0.2, 0.25) is 0 Å². The maximum atomic E-state index is 3.58. The van der Waals surface area contributed by atoms with Gasteiger partial charge in [-0.3, -0.25) is 0 Å². The summed E-state index contributed by atoms with van der Waals surface area (Å²) in [4.78, 5) is 0. The summed E-state index contributed by atoms with van der Waals surface area (Å²) in [6.07, 6.45) is 0. The first-order valence-electron chi connectivity index (χ1n) is 8.73. The third kappa shape index (κ3) is 3.49. The Morgan fingerprint density at radius 2 is 1.08 bits per heavy atom. The van der Waals surface area contributed by atoms with Gasteiger partial charge in [-0.25, -0.2) is 0 Å². The molecule has 4 rings (SSSR count). The Bertz CT molecular complexity index is 1030. The van der Waals surface area contributed by atoms with Crippen molar-refractivity contribution in [3.63, 3.8) is 0 Å². The zero-order valence-electron chi connectivity index (χ0n) is 14.6. The topological polar surface area (TPSA) is 0 Å². The molecule has 0 fully saturated rings. The minimum Gasteiger partial charge on any atom is -0.0622 e. The van der Waals surface area contributed by atoms with E-state index in [4.69, 9.17) is 0 Å². The number of aryl methyl sites for hydroxylation is 1. The van der Waals surface area contributed by atoms with Crippen LogP contribution in [0.15, 0.2) is 102 Å². The smallest absolute Gasteiger partial charge is 0.0181 e. The molecule has 0 radical (unpaired) electrons. The van der Waals surface area contributed by atoms with Gasteiger partial charge in [-0.15, -0.1) is 0 Å². The van der Waals surface area contributed by atoms with Crippen LogP contribution in [-0.2, 0) is 0 Å². The molecular weight excluding hydrogens is 380 g/mol. The van der Waals surface area contributed by atoms with Crippen LogP contribution in [0.2, 0.25) is 0 Å². The molecule has 0 bridgehead atoms. The van der Waals surface area contributed by atoms with Gasteiger partial charge in [0.15, 0.2) is 0 Å². The monoisotopic (exact) mass is 398 g/mol. The van der Waals surface area contributed by atoms with E-state index < -0.39 is 0 Å². The van der Waals surface area contributed by atoms with Crippen molar-refractivity contribution in [3.8, 4) is 33.4 Å². The van der Waals surface area contributed by atoms with E-state index in [-0.39, 0.29) is 0 Å². The lowest BCUT2D eigenvalue weighted by atomic mass is 9.94. The fourth-order valence-electron chi connectivity index (χ4n) is 3.25. The van der Waals surface area contributed by atoms with Crippen molar-refractivity contribution in [2.75, 3.05) is 0 Å². The van der Waals surface area contributed by atoms with Crippen LogP contribution in [0.25, 0.3) is 33.4 Å². The minimum absolute atomic E-state index is 1.10. The fraction of sp³-hybridized carbons (Fsp3) is 0.0400. The first-order valence-corrected chi connectivity index (χ1v) is 9.52. The van der Waals surface area contributed by atoms with Gasteiger partial charge in [0.25, 0.3) is 0 Å². The molecule has 0 aliphatic carbocycles. The maximum Gasteiger partial charge on any atom is 0.0181 e. The van der Waals surface area contributed by atoms with Crippen LogP contribution in [0.4, 0.5) is 0 Å². The molecule has 0 aromatic heterocycles. The molecule has 26 heavy (non-hydrogen) atoms. The highest BCUT2D eigenvalue weighted by Crippen LogP contribution is 2.31. The summed E-state index contributed by atoms with van der Waals surface area (Å²) in [6, 6.07) is 34.5. The lowest BCUT2D eigenvalue weighted by Crippen LogP contribution is -1.86. The molecule has 0 saturated heterocycles. The van der Waals surface area contributed by atoms with Crippen LogP contribution in [0.5, 0.6) is 0 Å². The molecular formula is C25H19Br. The van der Waals surface area contributed by atoms with E-state index in [1.807, 2.05) is 6.07 Å². The predicted molar refractivity (Wildman–Crippen MR) is 115 cm³/mol. The van der Waals surface area contributed by atoms with Gasteiger partial charge in [-0.1, -0.05) is 94.8 Å². The average molecular weight is 399 g/mol. The number of halogens is 1. The standard InChI is InChI=1S/C25H19Br/c1-18-10-11-22(17-25(18)23-8-5-9-24(26)16-23)21-14-12-20(13-15-21)19-6-3-2-4-7-19/h2-17H,1H3. The van der Waals surface area contributed by atoms with Crippen molar-refractivity contribution in [2.45, 2.75) is 6.92 Å². The van der Waals surface area contributed by atoms with Gasteiger partial charge in [0.1, 0.15) is 0 Å². The summed E-state index contributed by atoms with van der Waals surface area (Å²) >= 11 is 3.58. The Kier molecular flexibility index (Phi) is 4.73. The second-order valence-corrected chi connectivity index (χ2v) is 7.40. The Morgan fingerprint density at radius 1 is 0.500 bits per heavy atom. The quantitative estimate of drug-likeness (QED) is 0.330. The van der Waals surface area contributed by atoms with Gasteiger partial charge >= 0.3 is 0 Å². The largest absolute Gasteiger partial charge is 0.0622 e. The molecule has 0 N–H and O–H groups in total. The van der Waals surface area contributed by atoms with Gasteiger partial charge < -0.3 is 0 Å². The van der Waals surface area contributed by atoms with E-state index >= 15 is 0 Å².